The van der Waals surface area contributed by atoms with Gasteiger partial charge in [-0.1, -0.05) is 37.6 Å². The first kappa shape index (κ1) is 12.5. The van der Waals surface area contributed by atoms with Gasteiger partial charge in [0.05, 0.1) is 0 Å². The van der Waals surface area contributed by atoms with Crippen LogP contribution in [0.5, 0.6) is 0 Å². The molecule has 86 valence electrons. The summed E-state index contributed by atoms with van der Waals surface area (Å²) in [6.07, 6.45) is 2.26. The van der Waals surface area contributed by atoms with Crippen LogP contribution in [-0.4, -0.2) is 5.91 Å². The van der Waals surface area contributed by atoms with E-state index in [0.717, 1.165) is 5.69 Å². The van der Waals surface area contributed by atoms with Crippen LogP contribution >= 0.6 is 0 Å². The maximum Gasteiger partial charge on any atom is 0.225 e. The zero-order valence-corrected chi connectivity index (χ0v) is 10.2. The Morgan fingerprint density at radius 3 is 2.44 bits per heavy atom. The average Bonchev–Trinajstić information content (AvgIpc) is 2.21. The van der Waals surface area contributed by atoms with E-state index < -0.39 is 0 Å². The molecule has 1 rings (SSSR count). The van der Waals surface area contributed by atoms with Crippen LogP contribution in [0.15, 0.2) is 36.9 Å². The first-order valence-corrected chi connectivity index (χ1v) is 5.43. The third-order valence-electron chi connectivity index (χ3n) is 2.50. The van der Waals surface area contributed by atoms with Crippen molar-refractivity contribution in [2.45, 2.75) is 27.2 Å². The molecule has 0 aliphatic carbocycles. The van der Waals surface area contributed by atoms with Gasteiger partial charge in [-0.05, 0) is 24.5 Å². The van der Waals surface area contributed by atoms with Gasteiger partial charge >= 0.3 is 0 Å². The molecule has 0 atom stereocenters. The molecule has 1 aromatic carbocycles. The number of hydrogen-bond donors (Lipinski definition) is 1. The van der Waals surface area contributed by atoms with E-state index in [1.54, 1.807) is 0 Å². The lowest BCUT2D eigenvalue weighted by molar-refractivity contribution is -0.117. The van der Waals surface area contributed by atoms with Crippen molar-refractivity contribution < 1.29 is 4.79 Å². The quantitative estimate of drug-likeness (QED) is 0.768. The molecular weight excluding hydrogens is 198 g/mol. The smallest absolute Gasteiger partial charge is 0.225 e. The molecule has 0 aliphatic rings. The number of rotatable bonds is 4. The molecule has 2 nitrogen and oxygen atoms in total. The van der Waals surface area contributed by atoms with Crippen LogP contribution in [0, 0.1) is 12.3 Å². The van der Waals surface area contributed by atoms with Gasteiger partial charge in [0.15, 0.2) is 0 Å². The summed E-state index contributed by atoms with van der Waals surface area (Å²) in [5.74, 6) is 0.0220. The van der Waals surface area contributed by atoms with Gasteiger partial charge in [0.25, 0.3) is 0 Å². The maximum atomic E-state index is 11.7. The zero-order valence-electron chi connectivity index (χ0n) is 10.2. The van der Waals surface area contributed by atoms with Crippen LogP contribution in [0.1, 0.15) is 25.8 Å². The van der Waals surface area contributed by atoms with Gasteiger partial charge in [-0.3, -0.25) is 4.79 Å². The van der Waals surface area contributed by atoms with Crippen molar-refractivity contribution >= 4 is 11.6 Å². The van der Waals surface area contributed by atoms with E-state index in [9.17, 15) is 4.79 Å². The first-order valence-electron chi connectivity index (χ1n) is 5.43. The number of allylic oxidation sites excluding steroid dienone is 1. The first-order chi connectivity index (χ1) is 7.43. The number of carbonyl (C=O) groups excluding carboxylic acids is 1. The highest BCUT2D eigenvalue weighted by atomic mass is 16.1. The second-order valence-corrected chi connectivity index (χ2v) is 4.78. The minimum Gasteiger partial charge on any atom is -0.326 e. The van der Waals surface area contributed by atoms with Gasteiger partial charge in [0.2, 0.25) is 5.91 Å². The summed E-state index contributed by atoms with van der Waals surface area (Å²) < 4.78 is 0. The van der Waals surface area contributed by atoms with Crippen molar-refractivity contribution in [1.29, 1.82) is 0 Å². The van der Waals surface area contributed by atoms with Crippen LogP contribution in [-0.2, 0) is 4.79 Å². The van der Waals surface area contributed by atoms with Crippen molar-refractivity contribution in [2.24, 2.45) is 5.41 Å². The van der Waals surface area contributed by atoms with Gasteiger partial charge in [-0.15, -0.1) is 6.58 Å². The topological polar surface area (TPSA) is 29.1 Å². The fraction of sp³-hybridized carbons (Fsp3) is 0.357. The molecule has 16 heavy (non-hydrogen) atoms. The van der Waals surface area contributed by atoms with E-state index in [0.29, 0.717) is 6.42 Å². The summed E-state index contributed by atoms with van der Waals surface area (Å²) >= 11 is 0. The normalized spacial score (nSPS) is 10.9. The highest BCUT2D eigenvalue weighted by molar-refractivity contribution is 5.91. The van der Waals surface area contributed by atoms with Crippen molar-refractivity contribution in [3.63, 3.8) is 0 Å². The molecule has 1 amide bonds. The number of benzene rings is 1. The maximum absolute atomic E-state index is 11.7. The standard InChI is InChI=1S/C14H19NO/c1-5-14(3,4)10-13(16)15-12-8-6-11(2)7-9-12/h5-9H,1,10H2,2-4H3,(H,15,16). The Kier molecular flexibility index (Phi) is 3.88. The van der Waals surface area contributed by atoms with Crippen LogP contribution < -0.4 is 5.32 Å². The Balaban J connectivity index is 2.58. The van der Waals surface area contributed by atoms with Crippen molar-refractivity contribution in [1.82, 2.24) is 0 Å². The lowest BCUT2D eigenvalue weighted by Gasteiger charge is -2.18. The number of hydrogen-bond acceptors (Lipinski definition) is 1. The molecule has 0 heterocycles. The molecule has 0 saturated carbocycles. The summed E-state index contributed by atoms with van der Waals surface area (Å²) in [6, 6.07) is 7.78. The molecule has 1 N–H and O–H groups in total. The van der Waals surface area contributed by atoms with E-state index in [4.69, 9.17) is 0 Å². The number of amides is 1. The third-order valence-corrected chi connectivity index (χ3v) is 2.50. The lowest BCUT2D eigenvalue weighted by atomic mass is 9.89. The van der Waals surface area contributed by atoms with Crippen molar-refractivity contribution in [3.05, 3.63) is 42.5 Å². The van der Waals surface area contributed by atoms with Gasteiger partial charge < -0.3 is 5.32 Å². The van der Waals surface area contributed by atoms with Crippen LogP contribution in [0.4, 0.5) is 5.69 Å². The fourth-order valence-corrected chi connectivity index (χ4v) is 1.33. The number of carbonyl (C=O) groups is 1. The third kappa shape index (κ3) is 3.89. The van der Waals surface area contributed by atoms with Gasteiger partial charge in [0.1, 0.15) is 0 Å². The molecule has 0 unspecified atom stereocenters. The van der Waals surface area contributed by atoms with Crippen molar-refractivity contribution in [3.8, 4) is 0 Å². The van der Waals surface area contributed by atoms with Crippen LogP contribution in [0.2, 0.25) is 0 Å². The fourth-order valence-electron chi connectivity index (χ4n) is 1.33. The number of aryl methyl sites for hydroxylation is 1. The van der Waals surface area contributed by atoms with E-state index in [1.165, 1.54) is 5.56 Å². The van der Waals surface area contributed by atoms with E-state index >= 15 is 0 Å². The average molecular weight is 217 g/mol. The monoisotopic (exact) mass is 217 g/mol. The highest BCUT2D eigenvalue weighted by Gasteiger charge is 2.17. The summed E-state index contributed by atoms with van der Waals surface area (Å²) in [6.45, 7) is 9.73. The Hall–Kier alpha value is -1.57. The van der Waals surface area contributed by atoms with Crippen LogP contribution in [0.3, 0.4) is 0 Å². The second kappa shape index (κ2) is 4.97. The predicted molar refractivity (Wildman–Crippen MR) is 68.4 cm³/mol. The second-order valence-electron chi connectivity index (χ2n) is 4.78. The predicted octanol–water partition coefficient (Wildman–Crippen LogP) is 3.54. The summed E-state index contributed by atoms with van der Waals surface area (Å²) in [4.78, 5) is 11.7. The minimum atomic E-state index is -0.158. The number of anilines is 1. The van der Waals surface area contributed by atoms with Gasteiger partial charge in [0, 0.05) is 12.1 Å². The largest absolute Gasteiger partial charge is 0.326 e. The molecule has 0 fully saturated rings. The molecule has 0 radical (unpaired) electrons. The van der Waals surface area contributed by atoms with E-state index in [1.807, 2.05) is 51.1 Å². The SMILES string of the molecule is C=CC(C)(C)CC(=O)Nc1ccc(C)cc1. The lowest BCUT2D eigenvalue weighted by Crippen LogP contribution is -2.20. The highest BCUT2D eigenvalue weighted by Crippen LogP contribution is 2.22. The molecule has 0 spiro atoms. The van der Waals surface area contributed by atoms with E-state index in [-0.39, 0.29) is 11.3 Å². The molecule has 1 aromatic rings. The summed E-state index contributed by atoms with van der Waals surface area (Å²) in [7, 11) is 0. The van der Waals surface area contributed by atoms with Crippen LogP contribution in [0.25, 0.3) is 0 Å². The molecule has 2 heteroatoms. The van der Waals surface area contributed by atoms with Gasteiger partial charge in [-0.25, -0.2) is 0 Å². The molecule has 0 saturated heterocycles. The Morgan fingerprint density at radius 2 is 1.94 bits per heavy atom. The molecular formula is C14H19NO. The zero-order chi connectivity index (χ0) is 12.2. The number of nitrogens with one attached hydrogen (secondary N) is 1. The van der Waals surface area contributed by atoms with E-state index in [2.05, 4.69) is 11.9 Å². The van der Waals surface area contributed by atoms with Crippen molar-refractivity contribution in [2.75, 3.05) is 5.32 Å². The Labute approximate surface area is 97.4 Å². The molecule has 0 aliphatic heterocycles. The van der Waals surface area contributed by atoms with Gasteiger partial charge in [-0.2, -0.15) is 0 Å². The Bertz CT molecular complexity index is 376. The molecule has 0 aromatic heterocycles. The minimum absolute atomic E-state index is 0.0220. The Morgan fingerprint density at radius 1 is 1.38 bits per heavy atom. The summed E-state index contributed by atoms with van der Waals surface area (Å²) in [5.41, 5.74) is 1.87. The summed E-state index contributed by atoms with van der Waals surface area (Å²) in [5, 5.41) is 2.87. The molecule has 0 bridgehead atoms.